The second kappa shape index (κ2) is 8.98. The molecule has 2 heterocycles. The van der Waals surface area contributed by atoms with Crippen LogP contribution < -0.4 is 10.6 Å². The van der Waals surface area contributed by atoms with Gasteiger partial charge in [-0.1, -0.05) is 39.5 Å². The lowest BCUT2D eigenvalue weighted by atomic mass is 9.94. The number of unbranched alkanes of at least 4 members (excludes halogenated alkanes) is 3. The summed E-state index contributed by atoms with van der Waals surface area (Å²) in [7, 11) is 0. The highest BCUT2D eigenvalue weighted by Crippen LogP contribution is 2.17. The van der Waals surface area contributed by atoms with Crippen molar-refractivity contribution in [3.63, 3.8) is 0 Å². The van der Waals surface area contributed by atoms with Crippen LogP contribution in [-0.4, -0.2) is 29.1 Å². The molecular weight excluding hydrogens is 260 g/mol. The maximum absolute atomic E-state index is 4.67. The van der Waals surface area contributed by atoms with Crippen LogP contribution in [0.15, 0.2) is 12.3 Å². The zero-order chi connectivity index (χ0) is 14.9. The van der Waals surface area contributed by atoms with Crippen LogP contribution in [0.3, 0.4) is 0 Å². The molecule has 1 aliphatic heterocycles. The molecule has 2 N–H and O–H groups in total. The minimum absolute atomic E-state index is 0.457. The first-order valence-corrected chi connectivity index (χ1v) is 8.61. The van der Waals surface area contributed by atoms with E-state index in [4.69, 9.17) is 0 Å². The normalized spacial score (nSPS) is 22.2. The summed E-state index contributed by atoms with van der Waals surface area (Å²) in [6, 6.07) is 2.50. The number of nitrogens with one attached hydrogen (secondary N) is 2. The highest BCUT2D eigenvalue weighted by Gasteiger charge is 2.20. The Labute approximate surface area is 129 Å². The minimum atomic E-state index is 0.457. The van der Waals surface area contributed by atoms with Crippen molar-refractivity contribution < 1.29 is 0 Å². The van der Waals surface area contributed by atoms with Gasteiger partial charge in [-0.05, 0) is 37.8 Å². The number of nitrogens with zero attached hydrogens (tertiary/aromatic N) is 2. The Balaban J connectivity index is 1.82. The molecule has 0 amide bonds. The van der Waals surface area contributed by atoms with Crippen molar-refractivity contribution in [2.24, 2.45) is 5.92 Å². The van der Waals surface area contributed by atoms with Crippen LogP contribution in [0.4, 0.5) is 5.95 Å². The molecule has 2 rings (SSSR count). The van der Waals surface area contributed by atoms with E-state index in [1.165, 1.54) is 44.2 Å². The zero-order valence-corrected chi connectivity index (χ0v) is 13.6. The molecule has 21 heavy (non-hydrogen) atoms. The van der Waals surface area contributed by atoms with Crippen molar-refractivity contribution in [2.45, 2.75) is 64.8 Å². The van der Waals surface area contributed by atoms with Gasteiger partial charge in [0.25, 0.3) is 0 Å². The van der Waals surface area contributed by atoms with Gasteiger partial charge >= 0.3 is 0 Å². The average molecular weight is 290 g/mol. The van der Waals surface area contributed by atoms with Gasteiger partial charge in [0.2, 0.25) is 5.95 Å². The van der Waals surface area contributed by atoms with Crippen molar-refractivity contribution in [1.29, 1.82) is 0 Å². The molecule has 4 heteroatoms. The molecule has 0 saturated carbocycles. The highest BCUT2D eigenvalue weighted by molar-refractivity contribution is 5.27. The third-order valence-corrected chi connectivity index (χ3v) is 4.35. The van der Waals surface area contributed by atoms with Gasteiger partial charge in [-0.3, -0.25) is 0 Å². The summed E-state index contributed by atoms with van der Waals surface area (Å²) in [5, 5.41) is 7.00. The summed E-state index contributed by atoms with van der Waals surface area (Å²) in [6.45, 7) is 6.67. The first-order valence-electron chi connectivity index (χ1n) is 8.61. The lowest BCUT2D eigenvalue weighted by Gasteiger charge is -2.30. The molecule has 1 aromatic heterocycles. The predicted molar refractivity (Wildman–Crippen MR) is 88.6 cm³/mol. The molecule has 118 valence electrons. The van der Waals surface area contributed by atoms with Crippen LogP contribution in [0.2, 0.25) is 0 Å². The molecule has 2 unspecified atom stereocenters. The molecule has 1 aliphatic rings. The quantitative estimate of drug-likeness (QED) is 0.720. The van der Waals surface area contributed by atoms with Gasteiger partial charge in [-0.25, -0.2) is 9.97 Å². The van der Waals surface area contributed by atoms with E-state index < -0.39 is 0 Å². The van der Waals surface area contributed by atoms with Gasteiger partial charge < -0.3 is 10.6 Å². The monoisotopic (exact) mass is 290 g/mol. The summed E-state index contributed by atoms with van der Waals surface area (Å²) < 4.78 is 0. The van der Waals surface area contributed by atoms with Crippen LogP contribution in [0.5, 0.6) is 0 Å². The van der Waals surface area contributed by atoms with Crippen molar-refractivity contribution >= 4 is 5.95 Å². The number of hydrogen-bond acceptors (Lipinski definition) is 4. The third kappa shape index (κ3) is 5.62. The second-order valence-corrected chi connectivity index (χ2v) is 6.19. The van der Waals surface area contributed by atoms with E-state index in [-0.39, 0.29) is 0 Å². The average Bonchev–Trinajstić information content (AvgIpc) is 2.52. The molecule has 0 bridgehead atoms. The number of anilines is 1. The Bertz CT molecular complexity index is 408. The minimum Gasteiger partial charge on any atom is -0.350 e. The van der Waals surface area contributed by atoms with E-state index in [1.54, 1.807) is 0 Å². The van der Waals surface area contributed by atoms with E-state index in [1.807, 2.05) is 12.3 Å². The van der Waals surface area contributed by atoms with Crippen LogP contribution in [0, 0.1) is 5.92 Å². The molecule has 4 nitrogen and oxygen atoms in total. The van der Waals surface area contributed by atoms with Gasteiger partial charge in [-0.2, -0.15) is 0 Å². The molecule has 0 aromatic carbocycles. The summed E-state index contributed by atoms with van der Waals surface area (Å²) in [5.41, 5.74) is 1.17. The molecule has 1 fully saturated rings. The van der Waals surface area contributed by atoms with E-state index in [0.717, 1.165) is 31.4 Å². The van der Waals surface area contributed by atoms with E-state index >= 15 is 0 Å². The van der Waals surface area contributed by atoms with Crippen LogP contribution in [0.1, 0.15) is 58.1 Å². The SMILES string of the molecule is CCCCCCc1ccnc(NC2CNCC(CC)C2)n1. The summed E-state index contributed by atoms with van der Waals surface area (Å²) >= 11 is 0. The Morgan fingerprint density at radius 1 is 1.24 bits per heavy atom. The van der Waals surface area contributed by atoms with Gasteiger partial charge in [0, 0.05) is 24.5 Å². The van der Waals surface area contributed by atoms with Gasteiger partial charge in [0.05, 0.1) is 0 Å². The topological polar surface area (TPSA) is 49.8 Å². The Morgan fingerprint density at radius 3 is 2.95 bits per heavy atom. The predicted octanol–water partition coefficient (Wildman–Crippen LogP) is 3.40. The zero-order valence-electron chi connectivity index (χ0n) is 13.6. The summed E-state index contributed by atoms with van der Waals surface area (Å²) in [4.78, 5) is 9.04. The Hall–Kier alpha value is -1.16. The third-order valence-electron chi connectivity index (χ3n) is 4.35. The molecule has 2 atom stereocenters. The summed E-state index contributed by atoms with van der Waals surface area (Å²) in [5.74, 6) is 1.57. The number of aryl methyl sites for hydroxylation is 1. The maximum atomic E-state index is 4.67. The number of piperidine rings is 1. The van der Waals surface area contributed by atoms with Crippen molar-refractivity contribution in [1.82, 2.24) is 15.3 Å². The summed E-state index contributed by atoms with van der Waals surface area (Å²) in [6.07, 6.45) is 10.5. The molecule has 0 radical (unpaired) electrons. The smallest absolute Gasteiger partial charge is 0.223 e. The van der Waals surface area contributed by atoms with Gasteiger partial charge in [0.15, 0.2) is 0 Å². The van der Waals surface area contributed by atoms with Gasteiger partial charge in [-0.15, -0.1) is 0 Å². The van der Waals surface area contributed by atoms with Gasteiger partial charge in [0.1, 0.15) is 0 Å². The van der Waals surface area contributed by atoms with E-state index in [0.29, 0.717) is 6.04 Å². The van der Waals surface area contributed by atoms with Crippen LogP contribution in [-0.2, 0) is 6.42 Å². The lowest BCUT2D eigenvalue weighted by Crippen LogP contribution is -2.43. The fourth-order valence-corrected chi connectivity index (χ4v) is 2.97. The maximum Gasteiger partial charge on any atom is 0.223 e. The van der Waals surface area contributed by atoms with Crippen molar-refractivity contribution in [3.8, 4) is 0 Å². The first kappa shape index (κ1) is 16.2. The highest BCUT2D eigenvalue weighted by atomic mass is 15.1. The van der Waals surface area contributed by atoms with Crippen LogP contribution in [0.25, 0.3) is 0 Å². The number of hydrogen-bond donors (Lipinski definition) is 2. The molecule has 1 saturated heterocycles. The van der Waals surface area contributed by atoms with Crippen LogP contribution >= 0.6 is 0 Å². The number of aromatic nitrogens is 2. The van der Waals surface area contributed by atoms with Crippen molar-refractivity contribution in [2.75, 3.05) is 18.4 Å². The fraction of sp³-hybridized carbons (Fsp3) is 0.765. The largest absolute Gasteiger partial charge is 0.350 e. The Morgan fingerprint density at radius 2 is 2.14 bits per heavy atom. The first-order chi connectivity index (χ1) is 10.3. The molecular formula is C17H30N4. The molecule has 1 aromatic rings. The fourth-order valence-electron chi connectivity index (χ4n) is 2.97. The number of rotatable bonds is 8. The van der Waals surface area contributed by atoms with E-state index in [2.05, 4.69) is 34.4 Å². The second-order valence-electron chi connectivity index (χ2n) is 6.19. The standard InChI is InChI=1S/C17H30N4/c1-3-5-6-7-8-15-9-10-19-17(20-15)21-16-11-14(4-2)12-18-13-16/h9-10,14,16,18H,3-8,11-13H2,1-2H3,(H,19,20,21). The molecule has 0 aliphatic carbocycles. The Kier molecular flexibility index (Phi) is 6.93. The molecule has 0 spiro atoms. The lowest BCUT2D eigenvalue weighted by molar-refractivity contribution is 0.345. The van der Waals surface area contributed by atoms with E-state index in [9.17, 15) is 0 Å². The van der Waals surface area contributed by atoms with Crippen molar-refractivity contribution in [3.05, 3.63) is 18.0 Å².